The monoisotopic (exact) mass is 286 g/mol. The summed E-state index contributed by atoms with van der Waals surface area (Å²) in [6, 6.07) is 0.415. The van der Waals surface area contributed by atoms with Crippen molar-refractivity contribution < 1.29 is 0 Å². The van der Waals surface area contributed by atoms with Gasteiger partial charge in [-0.25, -0.2) is 15.0 Å². The van der Waals surface area contributed by atoms with Crippen LogP contribution in [0.25, 0.3) is 17.0 Å². The van der Waals surface area contributed by atoms with Gasteiger partial charge in [0.15, 0.2) is 5.16 Å². The number of aromatic nitrogens is 4. The van der Waals surface area contributed by atoms with Crippen molar-refractivity contribution in [1.82, 2.24) is 19.5 Å². The van der Waals surface area contributed by atoms with E-state index in [0.717, 1.165) is 34.4 Å². The van der Waals surface area contributed by atoms with Crippen molar-refractivity contribution in [3.8, 4) is 11.4 Å². The van der Waals surface area contributed by atoms with E-state index >= 15 is 0 Å². The summed E-state index contributed by atoms with van der Waals surface area (Å²) in [7, 11) is 0. The second-order valence-corrected chi connectivity index (χ2v) is 5.97. The number of fused-ring (bicyclic) bond motifs is 1. The van der Waals surface area contributed by atoms with Gasteiger partial charge >= 0.3 is 0 Å². The number of rotatable bonds is 2. The van der Waals surface area contributed by atoms with E-state index in [1.165, 1.54) is 5.57 Å². The van der Waals surface area contributed by atoms with Crippen molar-refractivity contribution in [2.75, 3.05) is 6.26 Å². The average molecular weight is 286 g/mol. The number of hydrogen-bond acceptors (Lipinski definition) is 4. The Morgan fingerprint density at radius 1 is 1.25 bits per heavy atom. The Hall–Kier alpha value is -1.62. The van der Waals surface area contributed by atoms with Crippen molar-refractivity contribution in [3.05, 3.63) is 29.9 Å². The first-order valence-corrected chi connectivity index (χ1v) is 7.96. The summed E-state index contributed by atoms with van der Waals surface area (Å²) < 4.78 is 2.30. The van der Waals surface area contributed by atoms with Crippen LogP contribution in [-0.2, 0) is 0 Å². The number of aryl methyl sites for hydroxylation is 1. The van der Waals surface area contributed by atoms with E-state index in [-0.39, 0.29) is 0 Å². The Labute approximate surface area is 123 Å². The first kappa shape index (κ1) is 13.4. The van der Waals surface area contributed by atoms with Crippen molar-refractivity contribution in [1.29, 1.82) is 0 Å². The van der Waals surface area contributed by atoms with Crippen molar-refractivity contribution >= 4 is 17.3 Å². The molecule has 0 amide bonds. The van der Waals surface area contributed by atoms with Gasteiger partial charge in [0.1, 0.15) is 5.82 Å². The van der Waals surface area contributed by atoms with Crippen LogP contribution in [-0.4, -0.2) is 25.8 Å². The van der Waals surface area contributed by atoms with Gasteiger partial charge in [-0.3, -0.25) is 0 Å². The highest BCUT2D eigenvalue weighted by Gasteiger charge is 2.22. The van der Waals surface area contributed by atoms with Crippen LogP contribution in [0.4, 0.5) is 0 Å². The van der Waals surface area contributed by atoms with E-state index in [9.17, 15) is 0 Å². The molecular formula is C15H18N4S. The summed E-state index contributed by atoms with van der Waals surface area (Å²) in [6.45, 7) is 6.40. The Morgan fingerprint density at radius 2 is 2.05 bits per heavy atom. The highest BCUT2D eigenvalue weighted by molar-refractivity contribution is 7.98. The van der Waals surface area contributed by atoms with Gasteiger partial charge in [0.2, 0.25) is 0 Å². The molecule has 104 valence electrons. The molecule has 2 aromatic heterocycles. The lowest BCUT2D eigenvalue weighted by atomic mass is 10.1. The predicted molar refractivity (Wildman–Crippen MR) is 82.8 cm³/mol. The second-order valence-electron chi connectivity index (χ2n) is 5.20. The number of imidazole rings is 1. The van der Waals surface area contributed by atoms with Crippen LogP contribution >= 0.6 is 11.8 Å². The largest absolute Gasteiger partial charge is 0.320 e. The molecule has 1 aliphatic rings. The number of nitrogens with zero attached hydrogens (tertiary/aromatic N) is 4. The van der Waals surface area contributed by atoms with Crippen LogP contribution in [0.1, 0.15) is 37.7 Å². The van der Waals surface area contributed by atoms with Crippen LogP contribution in [0.15, 0.2) is 23.6 Å². The van der Waals surface area contributed by atoms with Gasteiger partial charge in [0.05, 0.1) is 17.6 Å². The Balaban J connectivity index is 2.20. The van der Waals surface area contributed by atoms with E-state index in [0.29, 0.717) is 6.04 Å². The summed E-state index contributed by atoms with van der Waals surface area (Å²) in [5.74, 6) is 1.06. The second kappa shape index (κ2) is 5.05. The summed E-state index contributed by atoms with van der Waals surface area (Å²) in [6.07, 6.45) is 9.13. The quantitative estimate of drug-likeness (QED) is 0.623. The fourth-order valence-corrected chi connectivity index (χ4v) is 2.94. The molecule has 0 fully saturated rings. The van der Waals surface area contributed by atoms with Crippen LogP contribution in [0.2, 0.25) is 0 Å². The van der Waals surface area contributed by atoms with E-state index in [4.69, 9.17) is 0 Å². The molecule has 0 N–H and O–H groups in total. The van der Waals surface area contributed by atoms with Crippen molar-refractivity contribution in [2.45, 2.75) is 38.4 Å². The van der Waals surface area contributed by atoms with E-state index in [1.54, 1.807) is 11.8 Å². The first-order valence-electron chi connectivity index (χ1n) is 6.74. The maximum Gasteiger partial charge on any atom is 0.187 e. The molecule has 1 aliphatic heterocycles. The SMILES string of the molecule is CSc1ncc(C)c(-c2cnc3n2C(C)CC=C3C)n1. The minimum Gasteiger partial charge on any atom is -0.320 e. The molecule has 20 heavy (non-hydrogen) atoms. The van der Waals surface area contributed by atoms with Crippen molar-refractivity contribution in [3.63, 3.8) is 0 Å². The average Bonchev–Trinajstić information content (AvgIpc) is 2.89. The van der Waals surface area contributed by atoms with Gasteiger partial charge in [0, 0.05) is 12.2 Å². The zero-order valence-electron chi connectivity index (χ0n) is 12.2. The third-order valence-corrected chi connectivity index (χ3v) is 4.29. The lowest BCUT2D eigenvalue weighted by molar-refractivity contribution is 0.541. The third-order valence-electron chi connectivity index (χ3n) is 3.73. The Bertz CT molecular complexity index is 687. The maximum absolute atomic E-state index is 4.67. The fraction of sp³-hybridized carbons (Fsp3) is 0.400. The minimum absolute atomic E-state index is 0.415. The van der Waals surface area contributed by atoms with Gasteiger partial charge in [-0.15, -0.1) is 0 Å². The molecule has 2 aromatic rings. The summed E-state index contributed by atoms with van der Waals surface area (Å²) in [5, 5.41) is 0.803. The van der Waals surface area contributed by atoms with Gasteiger partial charge in [-0.05, 0) is 44.6 Å². The lowest BCUT2D eigenvalue weighted by Gasteiger charge is -2.23. The van der Waals surface area contributed by atoms with E-state index in [2.05, 4.69) is 46.4 Å². The summed E-state index contributed by atoms with van der Waals surface area (Å²) in [5.41, 5.74) is 4.41. The maximum atomic E-state index is 4.67. The third kappa shape index (κ3) is 2.06. The zero-order valence-corrected chi connectivity index (χ0v) is 13.0. The molecule has 1 atom stereocenters. The first-order chi connectivity index (χ1) is 9.61. The minimum atomic E-state index is 0.415. The molecule has 0 saturated carbocycles. The molecule has 0 spiro atoms. The predicted octanol–water partition coefficient (Wildman–Crippen LogP) is 3.74. The van der Waals surface area contributed by atoms with Crippen LogP contribution in [0.3, 0.4) is 0 Å². The summed E-state index contributed by atoms with van der Waals surface area (Å²) in [4.78, 5) is 13.6. The summed E-state index contributed by atoms with van der Waals surface area (Å²) >= 11 is 1.56. The molecule has 0 aromatic carbocycles. The van der Waals surface area contributed by atoms with Crippen LogP contribution < -0.4 is 0 Å². The lowest BCUT2D eigenvalue weighted by Crippen LogP contribution is -2.14. The number of thioether (sulfide) groups is 1. The van der Waals surface area contributed by atoms with Crippen LogP contribution in [0.5, 0.6) is 0 Å². The number of allylic oxidation sites excluding steroid dienone is 2. The molecule has 0 radical (unpaired) electrons. The standard InChI is InChI=1S/C15H18N4S/c1-9-5-6-11(3)19-12(8-16-14(9)19)13-10(2)7-17-15(18-13)20-4/h5,7-8,11H,6H2,1-4H3. The molecule has 4 nitrogen and oxygen atoms in total. The number of hydrogen-bond donors (Lipinski definition) is 0. The normalized spacial score (nSPS) is 17.8. The molecule has 3 rings (SSSR count). The molecule has 0 bridgehead atoms. The van der Waals surface area contributed by atoms with Crippen molar-refractivity contribution in [2.24, 2.45) is 0 Å². The topological polar surface area (TPSA) is 43.6 Å². The Kier molecular flexibility index (Phi) is 3.38. The van der Waals surface area contributed by atoms with Gasteiger partial charge in [-0.1, -0.05) is 17.8 Å². The van der Waals surface area contributed by atoms with Gasteiger partial charge in [0.25, 0.3) is 0 Å². The van der Waals surface area contributed by atoms with Crippen LogP contribution in [0, 0.1) is 6.92 Å². The van der Waals surface area contributed by atoms with E-state index < -0.39 is 0 Å². The van der Waals surface area contributed by atoms with Gasteiger partial charge < -0.3 is 4.57 Å². The zero-order chi connectivity index (χ0) is 14.3. The highest BCUT2D eigenvalue weighted by atomic mass is 32.2. The van der Waals surface area contributed by atoms with E-state index in [1.807, 2.05) is 18.6 Å². The van der Waals surface area contributed by atoms with Gasteiger partial charge in [-0.2, -0.15) is 0 Å². The molecule has 3 heterocycles. The highest BCUT2D eigenvalue weighted by Crippen LogP contribution is 2.33. The smallest absolute Gasteiger partial charge is 0.187 e. The Morgan fingerprint density at radius 3 is 2.80 bits per heavy atom. The molecule has 5 heteroatoms. The molecule has 1 unspecified atom stereocenters. The molecule has 0 aliphatic carbocycles. The molecule has 0 saturated heterocycles. The molecular weight excluding hydrogens is 268 g/mol. The fourth-order valence-electron chi connectivity index (χ4n) is 2.60.